The lowest BCUT2D eigenvalue weighted by molar-refractivity contribution is 0.0515. The molecule has 0 aliphatic rings. The number of hydrogen-bond acceptors (Lipinski definition) is 4. The Balaban J connectivity index is 1.53. The number of ether oxygens (including phenoxy) is 1. The van der Waals surface area contributed by atoms with Gasteiger partial charge in [0.1, 0.15) is 10.7 Å². The van der Waals surface area contributed by atoms with Crippen LogP contribution in [-0.4, -0.2) is 22.1 Å². The second-order valence-electron chi connectivity index (χ2n) is 10.2. The topological polar surface area (TPSA) is 44.1 Å². The molecule has 0 bridgehead atoms. The van der Waals surface area contributed by atoms with Gasteiger partial charge >= 0.3 is 5.97 Å². The molecule has 0 aliphatic heterocycles. The molecule has 0 unspecified atom stereocenters. The van der Waals surface area contributed by atoms with Crippen molar-refractivity contribution in [2.45, 2.75) is 92.0 Å². The summed E-state index contributed by atoms with van der Waals surface area (Å²) in [5, 5.41) is 4.06. The van der Waals surface area contributed by atoms with E-state index in [1.54, 1.807) is 17.5 Å². The molecular weight excluding hydrogens is 428 g/mol. The predicted molar refractivity (Wildman–Crippen MR) is 139 cm³/mol. The van der Waals surface area contributed by atoms with Gasteiger partial charge in [0.25, 0.3) is 0 Å². The van der Waals surface area contributed by atoms with Crippen molar-refractivity contribution in [3.05, 3.63) is 52.1 Å². The van der Waals surface area contributed by atoms with E-state index < -0.39 is 0 Å². The number of hydrogen-bond donors (Lipinski definition) is 0. The summed E-state index contributed by atoms with van der Waals surface area (Å²) >= 11 is 1.61. The lowest BCUT2D eigenvalue weighted by atomic mass is 9.89. The Bertz CT molecular complexity index is 999. The first kappa shape index (κ1) is 25.5. The van der Waals surface area contributed by atoms with E-state index in [2.05, 4.69) is 44.0 Å². The number of carbonyl (C=O) groups is 1. The fourth-order valence-corrected chi connectivity index (χ4v) is 4.96. The Labute approximate surface area is 203 Å². The molecule has 0 fully saturated rings. The average Bonchev–Trinajstić information content (AvgIpc) is 3.40. The molecule has 180 valence electrons. The van der Waals surface area contributed by atoms with E-state index in [1.165, 1.54) is 56.9 Å². The second-order valence-corrected chi connectivity index (χ2v) is 11.2. The van der Waals surface area contributed by atoms with Gasteiger partial charge in [-0.05, 0) is 55.4 Å². The van der Waals surface area contributed by atoms with Gasteiger partial charge in [0.2, 0.25) is 0 Å². The number of rotatable bonds is 13. The van der Waals surface area contributed by atoms with Crippen molar-refractivity contribution in [2.75, 3.05) is 6.61 Å². The van der Waals surface area contributed by atoms with Gasteiger partial charge in [-0.25, -0.2) is 9.78 Å². The van der Waals surface area contributed by atoms with Crippen LogP contribution in [0.4, 0.5) is 0 Å². The largest absolute Gasteiger partial charge is 0.461 e. The van der Waals surface area contributed by atoms with Crippen molar-refractivity contribution < 1.29 is 9.53 Å². The standard InChI is InChI=1S/C28H40N2O2S/c1-5-32-27(31)25-20-23-19-22(13-11-9-7-6-8-10-12-16-28(2,3)4)14-15-24(23)30(25)21-26-29-17-18-33-26/h14-15,17-20H,5-13,16,21H2,1-4H3. The summed E-state index contributed by atoms with van der Waals surface area (Å²) in [6.07, 6.45) is 13.5. The van der Waals surface area contributed by atoms with Gasteiger partial charge in [0.05, 0.1) is 13.2 Å². The number of aryl methyl sites for hydroxylation is 1. The fraction of sp³-hybridized carbons (Fsp3) is 0.571. The molecule has 0 saturated heterocycles. The minimum Gasteiger partial charge on any atom is -0.461 e. The van der Waals surface area contributed by atoms with Gasteiger partial charge in [0, 0.05) is 22.5 Å². The SMILES string of the molecule is CCOC(=O)c1cc2cc(CCCCCCCCCC(C)(C)C)ccc2n1Cc1nccs1. The Kier molecular flexibility index (Phi) is 9.54. The Hall–Kier alpha value is -2.14. The highest BCUT2D eigenvalue weighted by Crippen LogP contribution is 2.25. The van der Waals surface area contributed by atoms with Crippen molar-refractivity contribution in [1.82, 2.24) is 9.55 Å². The van der Waals surface area contributed by atoms with Crippen LogP contribution in [0.25, 0.3) is 10.9 Å². The van der Waals surface area contributed by atoms with Crippen LogP contribution in [0.2, 0.25) is 0 Å². The smallest absolute Gasteiger partial charge is 0.354 e. The minimum absolute atomic E-state index is 0.269. The number of esters is 1. The van der Waals surface area contributed by atoms with Crippen LogP contribution in [0.3, 0.4) is 0 Å². The summed E-state index contributed by atoms with van der Waals surface area (Å²) in [6.45, 7) is 9.80. The van der Waals surface area contributed by atoms with E-state index in [4.69, 9.17) is 4.74 Å². The molecule has 0 saturated carbocycles. The highest BCUT2D eigenvalue weighted by molar-refractivity contribution is 7.09. The molecular formula is C28H40N2O2S. The first-order chi connectivity index (χ1) is 15.9. The lowest BCUT2D eigenvalue weighted by Crippen LogP contribution is -2.12. The van der Waals surface area contributed by atoms with Crippen LogP contribution < -0.4 is 0 Å². The number of fused-ring (bicyclic) bond motifs is 1. The van der Waals surface area contributed by atoms with Crippen molar-refractivity contribution in [3.8, 4) is 0 Å². The van der Waals surface area contributed by atoms with E-state index in [9.17, 15) is 4.79 Å². The molecule has 0 amide bonds. The number of unbranched alkanes of at least 4 members (excludes halogenated alkanes) is 6. The van der Waals surface area contributed by atoms with Crippen LogP contribution in [0.1, 0.15) is 100 Å². The molecule has 0 aliphatic carbocycles. The minimum atomic E-state index is -0.269. The predicted octanol–water partition coefficient (Wildman–Crippen LogP) is 8.03. The van der Waals surface area contributed by atoms with E-state index in [-0.39, 0.29) is 5.97 Å². The van der Waals surface area contributed by atoms with Gasteiger partial charge in [-0.3, -0.25) is 0 Å². The van der Waals surface area contributed by atoms with Gasteiger partial charge in [-0.15, -0.1) is 11.3 Å². The van der Waals surface area contributed by atoms with Crippen molar-refractivity contribution in [2.24, 2.45) is 5.41 Å². The van der Waals surface area contributed by atoms with Crippen LogP contribution in [0.5, 0.6) is 0 Å². The zero-order chi connectivity index (χ0) is 23.7. The summed E-state index contributed by atoms with van der Waals surface area (Å²) in [4.78, 5) is 17.0. The van der Waals surface area contributed by atoms with E-state index >= 15 is 0 Å². The third kappa shape index (κ3) is 7.99. The van der Waals surface area contributed by atoms with E-state index in [0.29, 0.717) is 24.3 Å². The second kappa shape index (κ2) is 12.4. The monoisotopic (exact) mass is 468 g/mol. The number of benzene rings is 1. The molecule has 4 nitrogen and oxygen atoms in total. The molecule has 33 heavy (non-hydrogen) atoms. The number of aromatic nitrogens is 2. The van der Waals surface area contributed by atoms with Crippen molar-refractivity contribution in [1.29, 1.82) is 0 Å². The summed E-state index contributed by atoms with van der Waals surface area (Å²) in [5.74, 6) is -0.269. The maximum absolute atomic E-state index is 12.6. The van der Waals surface area contributed by atoms with Crippen molar-refractivity contribution >= 4 is 28.2 Å². The first-order valence-electron chi connectivity index (χ1n) is 12.5. The Morgan fingerprint density at radius 2 is 1.76 bits per heavy atom. The average molecular weight is 469 g/mol. The van der Waals surface area contributed by atoms with Gasteiger partial charge in [-0.1, -0.05) is 65.4 Å². The molecule has 0 radical (unpaired) electrons. The van der Waals surface area contributed by atoms with Crippen LogP contribution in [0.15, 0.2) is 35.8 Å². The van der Waals surface area contributed by atoms with Gasteiger partial charge in [0.15, 0.2) is 0 Å². The van der Waals surface area contributed by atoms with E-state index in [1.807, 2.05) is 22.9 Å². The molecule has 2 aromatic heterocycles. The molecule has 0 atom stereocenters. The van der Waals surface area contributed by atoms with E-state index in [0.717, 1.165) is 22.3 Å². The molecule has 3 rings (SSSR count). The summed E-state index contributed by atoms with van der Waals surface area (Å²) in [6, 6.07) is 8.57. The molecule has 1 aromatic carbocycles. The Morgan fingerprint density at radius 3 is 2.42 bits per heavy atom. The molecule has 0 spiro atoms. The van der Waals surface area contributed by atoms with Crippen LogP contribution >= 0.6 is 11.3 Å². The molecule has 2 heterocycles. The summed E-state index contributed by atoms with van der Waals surface area (Å²) in [5.41, 5.74) is 3.48. The maximum atomic E-state index is 12.6. The van der Waals surface area contributed by atoms with Crippen LogP contribution in [0, 0.1) is 5.41 Å². The molecule has 5 heteroatoms. The zero-order valence-electron chi connectivity index (χ0n) is 20.9. The number of carbonyl (C=O) groups excluding carboxylic acids is 1. The first-order valence-corrected chi connectivity index (χ1v) is 13.4. The van der Waals surface area contributed by atoms with Crippen LogP contribution in [-0.2, 0) is 17.7 Å². The number of nitrogens with zero attached hydrogens (tertiary/aromatic N) is 2. The molecule has 3 aromatic rings. The van der Waals surface area contributed by atoms with Gasteiger partial charge in [-0.2, -0.15) is 0 Å². The number of thiazole rings is 1. The summed E-state index contributed by atoms with van der Waals surface area (Å²) in [7, 11) is 0. The Morgan fingerprint density at radius 1 is 1.03 bits per heavy atom. The highest BCUT2D eigenvalue weighted by Gasteiger charge is 2.18. The highest BCUT2D eigenvalue weighted by atomic mass is 32.1. The zero-order valence-corrected chi connectivity index (χ0v) is 21.7. The maximum Gasteiger partial charge on any atom is 0.354 e. The fourth-order valence-electron chi connectivity index (χ4n) is 4.36. The lowest BCUT2D eigenvalue weighted by Gasteiger charge is -2.17. The van der Waals surface area contributed by atoms with Gasteiger partial charge < -0.3 is 9.30 Å². The third-order valence-corrected chi connectivity index (χ3v) is 6.88. The molecule has 0 N–H and O–H groups in total. The summed E-state index contributed by atoms with van der Waals surface area (Å²) < 4.78 is 7.35. The third-order valence-electron chi connectivity index (χ3n) is 6.12. The van der Waals surface area contributed by atoms with Crippen molar-refractivity contribution in [3.63, 3.8) is 0 Å². The quantitative estimate of drug-likeness (QED) is 0.188. The normalized spacial score (nSPS) is 11.9.